The number of fused-ring (bicyclic) bond motifs is 4. The zero-order valence-corrected chi connectivity index (χ0v) is 23.9. The highest BCUT2D eigenvalue weighted by atomic mass is 32.3. The van der Waals surface area contributed by atoms with Crippen LogP contribution in [0.25, 0.3) is 10.8 Å². The first-order valence-electron chi connectivity index (χ1n) is 9.82. The lowest BCUT2D eigenvalue weighted by atomic mass is 10.1. The maximum Gasteiger partial charge on any atom is 0.127 e. The van der Waals surface area contributed by atoms with E-state index < -0.39 is 0 Å². The smallest absolute Gasteiger partial charge is 0.127 e. The highest BCUT2D eigenvalue weighted by Gasteiger charge is 2.30. The number of ether oxygens (including phenoxy) is 2. The molecule has 10 heteroatoms. The quantitative estimate of drug-likeness (QED) is 0.345. The molecule has 0 atom stereocenters. The minimum Gasteiger partial charge on any atom is -0.492 e. The molecule has 0 saturated heterocycles. The van der Waals surface area contributed by atoms with Gasteiger partial charge in [-0.15, -0.1) is 47.0 Å². The lowest BCUT2D eigenvalue weighted by Crippen LogP contribution is -2.02. The zero-order chi connectivity index (χ0) is 21.9. The van der Waals surface area contributed by atoms with E-state index in [2.05, 4.69) is 48.9 Å². The fourth-order valence-corrected chi connectivity index (χ4v) is 14.1. The molecule has 0 amide bonds. The van der Waals surface area contributed by atoms with Crippen molar-refractivity contribution in [3.8, 4) is 11.5 Å². The minimum atomic E-state index is 0.680. The SMILES string of the molecule is CSC1=C2SCCOc3cccc4c(cccc34)OCCSC3=C(SC)SC(=C(S1)S2)S3. The Kier molecular flexibility index (Phi) is 8.54. The highest BCUT2D eigenvalue weighted by molar-refractivity contribution is 8.45. The Labute approximate surface area is 223 Å². The van der Waals surface area contributed by atoms with Crippen molar-refractivity contribution in [3.63, 3.8) is 0 Å². The average Bonchev–Trinajstić information content (AvgIpc) is 3.42. The Morgan fingerprint density at radius 3 is 1.53 bits per heavy atom. The maximum atomic E-state index is 6.21. The molecule has 2 nitrogen and oxygen atoms in total. The van der Waals surface area contributed by atoms with Crippen molar-refractivity contribution in [2.24, 2.45) is 0 Å². The molecule has 0 saturated carbocycles. The predicted octanol–water partition coefficient (Wildman–Crippen LogP) is 9.14. The Bertz CT molecular complexity index is 1040. The lowest BCUT2D eigenvalue weighted by molar-refractivity contribution is 0.344. The third-order valence-electron chi connectivity index (χ3n) is 4.60. The molecule has 0 spiro atoms. The van der Waals surface area contributed by atoms with Gasteiger partial charge in [0.05, 0.1) is 38.6 Å². The van der Waals surface area contributed by atoms with Crippen molar-refractivity contribution < 1.29 is 9.47 Å². The van der Waals surface area contributed by atoms with Gasteiger partial charge in [-0.05, 0) is 24.6 Å². The summed E-state index contributed by atoms with van der Waals surface area (Å²) in [6.07, 6.45) is 4.36. The van der Waals surface area contributed by atoms with E-state index >= 15 is 0 Å². The topological polar surface area (TPSA) is 18.5 Å². The molecule has 0 radical (unpaired) electrons. The number of benzene rings is 2. The van der Waals surface area contributed by atoms with Crippen molar-refractivity contribution in [3.05, 3.63) is 61.8 Å². The van der Waals surface area contributed by atoms with Gasteiger partial charge in [-0.25, -0.2) is 0 Å². The molecule has 0 aromatic heterocycles. The molecule has 5 rings (SSSR count). The second kappa shape index (κ2) is 11.4. The van der Waals surface area contributed by atoms with E-state index in [4.69, 9.17) is 9.47 Å². The molecule has 0 unspecified atom stereocenters. The molecule has 0 aliphatic carbocycles. The van der Waals surface area contributed by atoms with Gasteiger partial charge in [0, 0.05) is 22.3 Å². The van der Waals surface area contributed by atoms with Crippen LogP contribution in [0.2, 0.25) is 0 Å². The average molecular weight is 573 g/mol. The summed E-state index contributed by atoms with van der Waals surface area (Å²) in [5.41, 5.74) is 0. The molecule has 168 valence electrons. The Morgan fingerprint density at radius 1 is 0.625 bits per heavy atom. The van der Waals surface area contributed by atoms with Gasteiger partial charge in [-0.2, -0.15) is 0 Å². The van der Waals surface area contributed by atoms with E-state index in [1.807, 2.05) is 94.1 Å². The van der Waals surface area contributed by atoms with Crippen molar-refractivity contribution in [2.75, 3.05) is 37.2 Å². The van der Waals surface area contributed by atoms with Crippen molar-refractivity contribution in [1.29, 1.82) is 0 Å². The van der Waals surface area contributed by atoms with Crippen LogP contribution in [-0.4, -0.2) is 37.2 Å². The number of thioether (sulfide) groups is 8. The van der Waals surface area contributed by atoms with Gasteiger partial charge < -0.3 is 9.47 Å². The highest BCUT2D eigenvalue weighted by Crippen LogP contribution is 2.65. The van der Waals surface area contributed by atoms with Gasteiger partial charge in [0.15, 0.2) is 0 Å². The molecule has 2 aromatic carbocycles. The summed E-state index contributed by atoms with van der Waals surface area (Å²) in [6.45, 7) is 1.36. The number of rotatable bonds is 2. The van der Waals surface area contributed by atoms with Crippen LogP contribution in [0.5, 0.6) is 11.5 Å². The predicted molar refractivity (Wildman–Crippen MR) is 158 cm³/mol. The fourth-order valence-electron chi connectivity index (χ4n) is 3.21. The molecule has 3 aliphatic heterocycles. The molecule has 2 aromatic rings. The van der Waals surface area contributed by atoms with E-state index in [1.54, 1.807) is 0 Å². The second-order valence-corrected chi connectivity index (χ2v) is 16.0. The van der Waals surface area contributed by atoms with E-state index in [1.165, 1.54) is 25.4 Å². The van der Waals surface area contributed by atoms with E-state index in [9.17, 15) is 0 Å². The second-order valence-electron chi connectivity index (χ2n) is 6.54. The van der Waals surface area contributed by atoms with E-state index in [0.717, 1.165) is 33.8 Å². The Morgan fingerprint density at radius 2 is 1.09 bits per heavy atom. The van der Waals surface area contributed by atoms with Gasteiger partial charge in [0.2, 0.25) is 0 Å². The van der Waals surface area contributed by atoms with Crippen LogP contribution in [-0.2, 0) is 0 Å². The normalized spacial score (nSPS) is 19.9. The summed E-state index contributed by atoms with van der Waals surface area (Å²) in [6, 6.07) is 12.5. The largest absolute Gasteiger partial charge is 0.492 e. The van der Waals surface area contributed by atoms with Crippen LogP contribution in [0.4, 0.5) is 0 Å². The number of hydrogen-bond acceptors (Lipinski definition) is 10. The minimum absolute atomic E-state index is 0.680. The molecular formula is C22H20O2S8. The first kappa shape index (κ1) is 24.0. The molecule has 0 N–H and O–H groups in total. The van der Waals surface area contributed by atoms with Crippen molar-refractivity contribution in [2.45, 2.75) is 0 Å². The third kappa shape index (κ3) is 5.27. The monoisotopic (exact) mass is 572 g/mol. The van der Waals surface area contributed by atoms with E-state index in [-0.39, 0.29) is 0 Å². The third-order valence-corrected chi connectivity index (χ3v) is 15.8. The summed E-state index contributed by atoms with van der Waals surface area (Å²) in [5, 5.41) is 2.23. The van der Waals surface area contributed by atoms with Crippen molar-refractivity contribution >= 4 is 105 Å². The first-order valence-corrected chi connectivity index (χ1v) is 17.5. The summed E-state index contributed by atoms with van der Waals surface area (Å²) in [5.74, 6) is 3.72. The van der Waals surface area contributed by atoms with Crippen LogP contribution < -0.4 is 9.47 Å². The van der Waals surface area contributed by atoms with Crippen LogP contribution >= 0.6 is 94.1 Å². The summed E-state index contributed by atoms with van der Waals surface area (Å²) >= 11 is 15.3. The number of hydrogen-bond donors (Lipinski definition) is 0. The zero-order valence-electron chi connectivity index (χ0n) is 17.4. The van der Waals surface area contributed by atoms with Gasteiger partial charge in [-0.1, -0.05) is 71.3 Å². The van der Waals surface area contributed by atoms with Crippen LogP contribution in [0.1, 0.15) is 0 Å². The van der Waals surface area contributed by atoms with Crippen LogP contribution in [0.3, 0.4) is 0 Å². The molecular weight excluding hydrogens is 553 g/mol. The molecule has 0 fully saturated rings. The fraction of sp³-hybridized carbons (Fsp3) is 0.273. The van der Waals surface area contributed by atoms with Crippen LogP contribution in [0, 0.1) is 0 Å². The van der Waals surface area contributed by atoms with Gasteiger partial charge in [0.1, 0.15) is 11.5 Å². The molecule has 3 aliphatic rings. The van der Waals surface area contributed by atoms with Gasteiger partial charge in [-0.3, -0.25) is 0 Å². The van der Waals surface area contributed by atoms with Crippen molar-refractivity contribution in [1.82, 2.24) is 0 Å². The molecule has 8 bridgehead atoms. The standard InChI is InChI=1S/C22H20O2S8/c1-25-17-19-27-11-9-23-15-7-3-6-14-13(15)5-4-8-16(14)24-10-12-28-20-18(26-2)30-22(32-20)21(29-17)31-19/h3-8H,9-12H2,1-2H3. The Hall–Kier alpha value is 0.320. The molecule has 3 heterocycles. The van der Waals surface area contributed by atoms with Crippen LogP contribution in [0.15, 0.2) is 61.8 Å². The van der Waals surface area contributed by atoms with E-state index in [0.29, 0.717) is 13.2 Å². The molecule has 32 heavy (non-hydrogen) atoms. The van der Waals surface area contributed by atoms with Gasteiger partial charge in [0.25, 0.3) is 0 Å². The Balaban J connectivity index is 1.44. The van der Waals surface area contributed by atoms with Gasteiger partial charge >= 0.3 is 0 Å². The first-order chi connectivity index (χ1) is 15.8. The maximum absolute atomic E-state index is 6.21. The summed E-state index contributed by atoms with van der Waals surface area (Å²) in [7, 11) is 0. The summed E-state index contributed by atoms with van der Waals surface area (Å²) < 4.78 is 20.9. The lowest BCUT2D eigenvalue weighted by Gasteiger charge is -2.13. The summed E-state index contributed by atoms with van der Waals surface area (Å²) in [4.78, 5) is 0.